The zero-order valence-corrected chi connectivity index (χ0v) is 16.2. The standard InChI is InChI=1S/C18H20Cl2N2O4/c1-24-15-5-4-11(19)8-14(15)22-18(23)6-7-21-13-10-16(25-2)12(20)9-17(13)26-3/h4-5,8-10,21H,6-7H2,1-3H3,(H,22,23). The van der Waals surface area contributed by atoms with Crippen LogP contribution >= 0.6 is 23.2 Å². The molecule has 0 saturated heterocycles. The lowest BCUT2D eigenvalue weighted by Crippen LogP contribution is -2.17. The van der Waals surface area contributed by atoms with Crippen molar-refractivity contribution in [1.82, 2.24) is 0 Å². The van der Waals surface area contributed by atoms with Gasteiger partial charge in [-0.05, 0) is 18.2 Å². The van der Waals surface area contributed by atoms with Crippen molar-refractivity contribution in [2.75, 3.05) is 38.5 Å². The van der Waals surface area contributed by atoms with Crippen LogP contribution in [0.25, 0.3) is 0 Å². The van der Waals surface area contributed by atoms with Crippen LogP contribution in [-0.4, -0.2) is 33.8 Å². The van der Waals surface area contributed by atoms with Crippen LogP contribution < -0.4 is 24.8 Å². The number of hydrogen-bond donors (Lipinski definition) is 2. The number of halogens is 2. The summed E-state index contributed by atoms with van der Waals surface area (Å²) in [6, 6.07) is 8.40. The van der Waals surface area contributed by atoms with Crippen LogP contribution in [0.15, 0.2) is 30.3 Å². The van der Waals surface area contributed by atoms with E-state index in [9.17, 15) is 4.79 Å². The van der Waals surface area contributed by atoms with E-state index in [0.717, 1.165) is 0 Å². The topological polar surface area (TPSA) is 68.8 Å². The lowest BCUT2D eigenvalue weighted by atomic mass is 10.2. The summed E-state index contributed by atoms with van der Waals surface area (Å²) in [4.78, 5) is 12.2. The van der Waals surface area contributed by atoms with Gasteiger partial charge < -0.3 is 24.8 Å². The van der Waals surface area contributed by atoms with Crippen molar-refractivity contribution in [2.45, 2.75) is 6.42 Å². The molecule has 2 N–H and O–H groups in total. The number of anilines is 2. The van der Waals surface area contributed by atoms with Gasteiger partial charge in [-0.1, -0.05) is 23.2 Å². The number of nitrogens with one attached hydrogen (secondary N) is 2. The van der Waals surface area contributed by atoms with Crippen molar-refractivity contribution in [1.29, 1.82) is 0 Å². The number of amides is 1. The number of rotatable bonds is 8. The Morgan fingerprint density at radius 3 is 2.27 bits per heavy atom. The first-order valence-electron chi connectivity index (χ1n) is 7.77. The Labute approximate surface area is 162 Å². The molecule has 2 aromatic rings. The summed E-state index contributed by atoms with van der Waals surface area (Å²) in [5.41, 5.74) is 1.21. The molecular formula is C18H20Cl2N2O4. The van der Waals surface area contributed by atoms with Crippen molar-refractivity contribution in [2.24, 2.45) is 0 Å². The number of carbonyl (C=O) groups excluding carboxylic acids is 1. The van der Waals surface area contributed by atoms with E-state index in [1.54, 1.807) is 37.4 Å². The molecule has 0 bridgehead atoms. The van der Waals surface area contributed by atoms with E-state index in [1.165, 1.54) is 14.2 Å². The summed E-state index contributed by atoms with van der Waals surface area (Å²) in [5.74, 6) is 1.44. The molecule has 6 nitrogen and oxygen atoms in total. The van der Waals surface area contributed by atoms with Crippen molar-refractivity contribution < 1.29 is 19.0 Å². The highest BCUT2D eigenvalue weighted by molar-refractivity contribution is 6.32. The van der Waals surface area contributed by atoms with Crippen LogP contribution in [-0.2, 0) is 4.79 Å². The molecule has 140 valence electrons. The summed E-state index contributed by atoms with van der Waals surface area (Å²) in [6.07, 6.45) is 0.226. The largest absolute Gasteiger partial charge is 0.495 e. The van der Waals surface area contributed by atoms with Gasteiger partial charge in [0.15, 0.2) is 0 Å². The number of methoxy groups -OCH3 is 3. The van der Waals surface area contributed by atoms with Crippen LogP contribution in [0.4, 0.5) is 11.4 Å². The Bertz CT molecular complexity index is 784. The Balaban J connectivity index is 1.98. The lowest BCUT2D eigenvalue weighted by molar-refractivity contribution is -0.116. The van der Waals surface area contributed by atoms with Crippen LogP contribution in [0.2, 0.25) is 10.0 Å². The van der Waals surface area contributed by atoms with E-state index < -0.39 is 0 Å². The third-order valence-electron chi connectivity index (χ3n) is 3.58. The average molecular weight is 399 g/mol. The molecule has 0 aliphatic rings. The molecule has 2 rings (SSSR count). The van der Waals surface area contributed by atoms with Gasteiger partial charge in [-0.15, -0.1) is 0 Å². The average Bonchev–Trinajstić information content (AvgIpc) is 2.62. The minimum atomic E-state index is -0.182. The van der Waals surface area contributed by atoms with Gasteiger partial charge >= 0.3 is 0 Å². The second-order valence-electron chi connectivity index (χ2n) is 5.26. The Morgan fingerprint density at radius 1 is 0.923 bits per heavy atom. The molecule has 2 aromatic carbocycles. The van der Waals surface area contributed by atoms with Gasteiger partial charge in [0.1, 0.15) is 17.2 Å². The molecule has 0 radical (unpaired) electrons. The first kappa shape index (κ1) is 20.0. The Kier molecular flexibility index (Phi) is 7.24. The van der Waals surface area contributed by atoms with E-state index >= 15 is 0 Å². The molecule has 0 atom stereocenters. The maximum absolute atomic E-state index is 12.2. The van der Waals surface area contributed by atoms with Gasteiger partial charge in [0.2, 0.25) is 5.91 Å². The summed E-state index contributed by atoms with van der Waals surface area (Å²) >= 11 is 12.0. The fourth-order valence-electron chi connectivity index (χ4n) is 2.30. The second kappa shape index (κ2) is 9.40. The second-order valence-corrected chi connectivity index (χ2v) is 6.10. The predicted molar refractivity (Wildman–Crippen MR) is 104 cm³/mol. The highest BCUT2D eigenvalue weighted by atomic mass is 35.5. The highest BCUT2D eigenvalue weighted by Gasteiger charge is 2.11. The molecule has 8 heteroatoms. The van der Waals surface area contributed by atoms with Crippen LogP contribution in [0.3, 0.4) is 0 Å². The highest BCUT2D eigenvalue weighted by Crippen LogP contribution is 2.35. The van der Waals surface area contributed by atoms with Gasteiger partial charge in [-0.25, -0.2) is 0 Å². The number of carbonyl (C=O) groups is 1. The zero-order valence-electron chi connectivity index (χ0n) is 14.7. The molecule has 0 saturated carbocycles. The normalized spacial score (nSPS) is 10.2. The van der Waals surface area contributed by atoms with Gasteiger partial charge in [0, 0.05) is 30.1 Å². The van der Waals surface area contributed by atoms with Crippen LogP contribution in [0.1, 0.15) is 6.42 Å². The molecule has 1 amide bonds. The van der Waals surface area contributed by atoms with Gasteiger partial charge in [-0.2, -0.15) is 0 Å². The van der Waals surface area contributed by atoms with Crippen LogP contribution in [0.5, 0.6) is 17.2 Å². The minimum Gasteiger partial charge on any atom is -0.495 e. The van der Waals surface area contributed by atoms with E-state index in [4.69, 9.17) is 37.4 Å². The van der Waals surface area contributed by atoms with Gasteiger partial charge in [0.25, 0.3) is 0 Å². The van der Waals surface area contributed by atoms with E-state index in [-0.39, 0.29) is 12.3 Å². The van der Waals surface area contributed by atoms with E-state index in [0.29, 0.717) is 45.2 Å². The molecule has 0 spiro atoms. The zero-order chi connectivity index (χ0) is 19.1. The molecule has 0 aliphatic heterocycles. The number of hydrogen-bond acceptors (Lipinski definition) is 5. The molecule has 0 fully saturated rings. The molecule has 0 aliphatic carbocycles. The number of ether oxygens (including phenoxy) is 3. The first-order chi connectivity index (χ1) is 12.5. The maximum Gasteiger partial charge on any atom is 0.226 e. The minimum absolute atomic E-state index is 0.182. The lowest BCUT2D eigenvalue weighted by Gasteiger charge is -2.14. The van der Waals surface area contributed by atoms with Crippen molar-refractivity contribution in [3.8, 4) is 17.2 Å². The Morgan fingerprint density at radius 2 is 1.62 bits per heavy atom. The van der Waals surface area contributed by atoms with Crippen LogP contribution in [0, 0.1) is 0 Å². The van der Waals surface area contributed by atoms with Crippen molar-refractivity contribution in [3.05, 3.63) is 40.4 Å². The Hall–Kier alpha value is -2.31. The maximum atomic E-state index is 12.2. The molecular weight excluding hydrogens is 379 g/mol. The summed E-state index contributed by atoms with van der Waals surface area (Å²) in [7, 11) is 4.60. The van der Waals surface area contributed by atoms with Crippen molar-refractivity contribution >= 4 is 40.5 Å². The fourth-order valence-corrected chi connectivity index (χ4v) is 2.70. The monoisotopic (exact) mass is 398 g/mol. The molecule has 0 unspecified atom stereocenters. The SMILES string of the molecule is COc1cc(NCCC(=O)Nc2cc(Cl)ccc2OC)c(OC)cc1Cl. The summed E-state index contributed by atoms with van der Waals surface area (Å²) < 4.78 is 15.7. The fraction of sp³-hybridized carbons (Fsp3) is 0.278. The van der Waals surface area contributed by atoms with E-state index in [2.05, 4.69) is 10.6 Å². The van der Waals surface area contributed by atoms with Gasteiger partial charge in [-0.3, -0.25) is 4.79 Å². The summed E-state index contributed by atoms with van der Waals surface area (Å²) in [5, 5.41) is 6.88. The summed E-state index contributed by atoms with van der Waals surface area (Å²) in [6.45, 7) is 0.385. The number of benzene rings is 2. The van der Waals surface area contributed by atoms with Gasteiger partial charge in [0.05, 0.1) is 37.7 Å². The smallest absolute Gasteiger partial charge is 0.226 e. The molecule has 26 heavy (non-hydrogen) atoms. The quantitative estimate of drug-likeness (QED) is 0.686. The predicted octanol–water partition coefficient (Wildman–Crippen LogP) is 4.46. The molecule has 0 aromatic heterocycles. The van der Waals surface area contributed by atoms with E-state index in [1.807, 2.05) is 0 Å². The third kappa shape index (κ3) is 5.09. The third-order valence-corrected chi connectivity index (χ3v) is 4.11. The molecule has 0 heterocycles. The van der Waals surface area contributed by atoms with Crippen molar-refractivity contribution in [3.63, 3.8) is 0 Å². The first-order valence-corrected chi connectivity index (χ1v) is 8.52.